The number of carbonyl (C=O) groups is 2. The van der Waals surface area contributed by atoms with Gasteiger partial charge >= 0.3 is 0 Å². The molecule has 1 saturated carbocycles. The zero-order valence-corrected chi connectivity index (χ0v) is 11.0. The van der Waals surface area contributed by atoms with Crippen LogP contribution in [0.15, 0.2) is 0 Å². The van der Waals surface area contributed by atoms with E-state index in [0.717, 1.165) is 12.8 Å². The molecule has 3 atom stereocenters. The van der Waals surface area contributed by atoms with Crippen LogP contribution >= 0.6 is 0 Å². The van der Waals surface area contributed by atoms with Crippen molar-refractivity contribution in [2.24, 2.45) is 17.8 Å². The molecule has 0 radical (unpaired) electrons. The van der Waals surface area contributed by atoms with E-state index in [2.05, 4.69) is 6.92 Å². The highest BCUT2D eigenvalue weighted by Crippen LogP contribution is 2.43. The van der Waals surface area contributed by atoms with Crippen LogP contribution < -0.4 is 0 Å². The first-order chi connectivity index (χ1) is 8.60. The van der Waals surface area contributed by atoms with E-state index in [0.29, 0.717) is 18.9 Å². The molecule has 1 aliphatic carbocycles. The Morgan fingerprint density at radius 2 is 1.89 bits per heavy atom. The van der Waals surface area contributed by atoms with Gasteiger partial charge in [0.2, 0.25) is 11.8 Å². The maximum Gasteiger partial charge on any atom is 0.233 e. The Morgan fingerprint density at radius 1 is 1.33 bits per heavy atom. The highest BCUT2D eigenvalue weighted by Gasteiger charge is 2.53. The normalized spacial score (nSPS) is 33.1. The second kappa shape index (κ2) is 5.36. The number of hydrogen-bond donors (Lipinski definition) is 1. The molecule has 1 heterocycles. The van der Waals surface area contributed by atoms with Gasteiger partial charge in [0, 0.05) is 13.7 Å². The lowest BCUT2D eigenvalue weighted by atomic mass is 10.00. The molecule has 3 unspecified atom stereocenters. The summed E-state index contributed by atoms with van der Waals surface area (Å²) in [5, 5.41) is 9.36. The maximum atomic E-state index is 12.3. The van der Waals surface area contributed by atoms with Gasteiger partial charge in [-0.3, -0.25) is 14.5 Å². The molecule has 0 bridgehead atoms. The molecule has 0 aromatic rings. The van der Waals surface area contributed by atoms with Crippen LogP contribution in [0, 0.1) is 17.8 Å². The summed E-state index contributed by atoms with van der Waals surface area (Å²) in [6.45, 7) is 2.33. The molecule has 1 N–H and O–H groups in total. The number of ether oxygens (including phenoxy) is 1. The zero-order chi connectivity index (χ0) is 13.3. The first-order valence-electron chi connectivity index (χ1n) is 6.56. The van der Waals surface area contributed by atoms with Gasteiger partial charge < -0.3 is 9.84 Å². The molecule has 0 aromatic carbocycles. The van der Waals surface area contributed by atoms with Gasteiger partial charge in [-0.2, -0.15) is 0 Å². The van der Waals surface area contributed by atoms with Crippen molar-refractivity contribution in [1.82, 2.24) is 4.90 Å². The van der Waals surface area contributed by atoms with E-state index < -0.39 is 6.04 Å². The van der Waals surface area contributed by atoms with Gasteiger partial charge in [-0.05, 0) is 25.2 Å². The molecule has 1 aliphatic heterocycles. The minimum absolute atomic E-state index is 0.0931. The summed E-state index contributed by atoms with van der Waals surface area (Å²) in [4.78, 5) is 25.8. The quantitative estimate of drug-likeness (QED) is 0.723. The summed E-state index contributed by atoms with van der Waals surface area (Å²) < 4.78 is 4.95. The van der Waals surface area contributed by atoms with Gasteiger partial charge in [-0.15, -0.1) is 0 Å². The van der Waals surface area contributed by atoms with Crippen LogP contribution in [-0.4, -0.2) is 48.2 Å². The molecule has 18 heavy (non-hydrogen) atoms. The Balaban J connectivity index is 2.10. The smallest absolute Gasteiger partial charge is 0.233 e. The first kappa shape index (κ1) is 13.5. The molecule has 2 aliphatic rings. The Kier molecular flexibility index (Phi) is 4.02. The summed E-state index contributed by atoms with van der Waals surface area (Å²) in [6.07, 6.45) is 2.10. The molecular formula is C13H21NO4. The molecular weight excluding hydrogens is 234 g/mol. The van der Waals surface area contributed by atoms with Crippen LogP contribution in [0.4, 0.5) is 0 Å². The third-order valence-electron chi connectivity index (χ3n) is 4.14. The van der Waals surface area contributed by atoms with E-state index >= 15 is 0 Å². The van der Waals surface area contributed by atoms with E-state index in [1.54, 1.807) is 7.11 Å². The average molecular weight is 255 g/mol. The zero-order valence-electron chi connectivity index (χ0n) is 11.0. The molecule has 1 saturated heterocycles. The summed E-state index contributed by atoms with van der Waals surface area (Å²) in [5.41, 5.74) is 0. The monoisotopic (exact) mass is 255 g/mol. The number of aliphatic hydroxyl groups is 1. The number of fused-ring (bicyclic) bond motifs is 1. The molecule has 5 nitrogen and oxygen atoms in total. The third kappa shape index (κ3) is 2.17. The van der Waals surface area contributed by atoms with Crippen LogP contribution in [0.25, 0.3) is 0 Å². The number of carbonyl (C=O) groups excluding carboxylic acids is 2. The van der Waals surface area contributed by atoms with Crippen LogP contribution in [0.1, 0.15) is 26.2 Å². The molecule has 2 fully saturated rings. The van der Waals surface area contributed by atoms with Crippen molar-refractivity contribution in [2.75, 3.05) is 20.3 Å². The van der Waals surface area contributed by atoms with Crippen molar-refractivity contribution in [2.45, 2.75) is 32.2 Å². The largest absolute Gasteiger partial charge is 0.394 e. The predicted molar refractivity (Wildman–Crippen MR) is 64.6 cm³/mol. The second-order valence-corrected chi connectivity index (χ2v) is 5.45. The Hall–Kier alpha value is -0.940. The van der Waals surface area contributed by atoms with E-state index in [-0.39, 0.29) is 30.3 Å². The predicted octanol–water partition coefficient (Wildman–Crippen LogP) is 0.415. The fraction of sp³-hybridized carbons (Fsp3) is 0.846. The number of amides is 2. The van der Waals surface area contributed by atoms with Crippen LogP contribution in [-0.2, 0) is 14.3 Å². The molecule has 2 amide bonds. The van der Waals surface area contributed by atoms with Gasteiger partial charge in [0.25, 0.3) is 0 Å². The van der Waals surface area contributed by atoms with E-state index in [1.807, 2.05) is 0 Å². The Morgan fingerprint density at radius 3 is 2.33 bits per heavy atom. The standard InChI is InChI=1S/C13H21NO4/c1-8-5-10-11(6-8)13(17)14(12(10)16)9(7-15)3-4-18-2/h8-11,15H,3-7H2,1-2H3. The second-order valence-electron chi connectivity index (χ2n) is 5.45. The van der Waals surface area contributed by atoms with Crippen molar-refractivity contribution >= 4 is 11.8 Å². The number of hydrogen-bond acceptors (Lipinski definition) is 4. The summed E-state index contributed by atoms with van der Waals surface area (Å²) >= 11 is 0. The van der Waals surface area contributed by atoms with E-state index in [4.69, 9.17) is 4.74 Å². The lowest BCUT2D eigenvalue weighted by Gasteiger charge is -2.25. The van der Waals surface area contributed by atoms with Crippen LogP contribution in [0.2, 0.25) is 0 Å². The Bertz CT molecular complexity index is 320. The van der Waals surface area contributed by atoms with Crippen molar-refractivity contribution < 1.29 is 19.4 Å². The number of nitrogens with zero attached hydrogens (tertiary/aromatic N) is 1. The molecule has 102 valence electrons. The highest BCUT2D eigenvalue weighted by atomic mass is 16.5. The number of rotatable bonds is 5. The summed E-state index contributed by atoms with van der Waals surface area (Å²) in [5.74, 6) is -0.0382. The van der Waals surface area contributed by atoms with Crippen molar-refractivity contribution in [3.05, 3.63) is 0 Å². The van der Waals surface area contributed by atoms with Crippen LogP contribution in [0.3, 0.4) is 0 Å². The lowest BCUT2D eigenvalue weighted by Crippen LogP contribution is -2.44. The van der Waals surface area contributed by atoms with Crippen molar-refractivity contribution in [3.8, 4) is 0 Å². The van der Waals surface area contributed by atoms with E-state index in [1.165, 1.54) is 4.90 Å². The van der Waals surface area contributed by atoms with Crippen LogP contribution in [0.5, 0.6) is 0 Å². The molecule has 5 heteroatoms. The minimum Gasteiger partial charge on any atom is -0.394 e. The number of methoxy groups -OCH3 is 1. The SMILES string of the molecule is COCCC(CO)N1C(=O)C2CC(C)CC2C1=O. The van der Waals surface area contributed by atoms with Crippen molar-refractivity contribution in [3.63, 3.8) is 0 Å². The number of aliphatic hydroxyl groups excluding tert-OH is 1. The van der Waals surface area contributed by atoms with Crippen molar-refractivity contribution in [1.29, 1.82) is 0 Å². The lowest BCUT2D eigenvalue weighted by molar-refractivity contribution is -0.144. The fourth-order valence-corrected chi connectivity index (χ4v) is 3.22. The van der Waals surface area contributed by atoms with Gasteiger partial charge in [0.05, 0.1) is 24.5 Å². The Labute approximate surface area is 107 Å². The molecule has 0 spiro atoms. The highest BCUT2D eigenvalue weighted by molar-refractivity contribution is 6.05. The molecule has 2 rings (SSSR count). The average Bonchev–Trinajstić information content (AvgIpc) is 2.83. The number of imide groups is 1. The first-order valence-corrected chi connectivity index (χ1v) is 6.56. The van der Waals surface area contributed by atoms with Gasteiger partial charge in [0.1, 0.15) is 0 Å². The molecule has 0 aromatic heterocycles. The topological polar surface area (TPSA) is 66.8 Å². The van der Waals surface area contributed by atoms with Gasteiger partial charge in [-0.1, -0.05) is 6.92 Å². The van der Waals surface area contributed by atoms with Gasteiger partial charge in [0.15, 0.2) is 0 Å². The van der Waals surface area contributed by atoms with E-state index in [9.17, 15) is 14.7 Å². The van der Waals surface area contributed by atoms with Gasteiger partial charge in [-0.25, -0.2) is 0 Å². The summed E-state index contributed by atoms with van der Waals surface area (Å²) in [7, 11) is 1.57. The summed E-state index contributed by atoms with van der Waals surface area (Å²) in [6, 6.07) is -0.425. The number of likely N-dealkylation sites (tertiary alicyclic amines) is 1. The maximum absolute atomic E-state index is 12.3. The fourth-order valence-electron chi connectivity index (χ4n) is 3.22. The minimum atomic E-state index is -0.425. The third-order valence-corrected chi connectivity index (χ3v) is 4.14.